The van der Waals surface area contributed by atoms with Crippen LogP contribution in [0.3, 0.4) is 0 Å². The summed E-state index contributed by atoms with van der Waals surface area (Å²) in [6, 6.07) is -0.0554. The van der Waals surface area contributed by atoms with Crippen LogP contribution in [0.15, 0.2) is 0 Å². The average Bonchev–Trinajstić information content (AvgIpc) is 2.17. The number of piperidine rings is 1. The van der Waals surface area contributed by atoms with Crippen molar-refractivity contribution in [2.45, 2.75) is 39.7 Å². The lowest BCUT2D eigenvalue weighted by Crippen LogP contribution is -2.53. The largest absolute Gasteiger partial charge is 0.293 e. The van der Waals surface area contributed by atoms with Gasteiger partial charge in [0.2, 0.25) is 0 Å². The summed E-state index contributed by atoms with van der Waals surface area (Å²) in [6.07, 6.45) is 2.08. The van der Waals surface area contributed by atoms with Gasteiger partial charge >= 0.3 is 0 Å². The molecule has 4 nitrogen and oxygen atoms in total. The third-order valence-corrected chi connectivity index (χ3v) is 3.17. The molecule has 3 atom stereocenters. The van der Waals surface area contributed by atoms with E-state index in [2.05, 4.69) is 24.2 Å². The second-order valence-corrected chi connectivity index (χ2v) is 4.83. The van der Waals surface area contributed by atoms with Crippen LogP contribution < -0.4 is 11.3 Å². The molecule has 1 aliphatic heterocycles. The van der Waals surface area contributed by atoms with Gasteiger partial charge in [0.05, 0.1) is 6.04 Å². The number of rotatable bonds is 3. The molecule has 0 aliphatic carbocycles. The van der Waals surface area contributed by atoms with Crippen LogP contribution in [0.5, 0.6) is 0 Å². The SMILES string of the molecule is CC[C@H](C(=O)NN)N1C[C@H](C)C[C@@H](C)C1. The number of hydrazine groups is 1. The van der Waals surface area contributed by atoms with Crippen molar-refractivity contribution in [1.29, 1.82) is 0 Å². The zero-order chi connectivity index (χ0) is 11.4. The summed E-state index contributed by atoms with van der Waals surface area (Å²) < 4.78 is 0. The number of carbonyl (C=O) groups excluding carboxylic acids is 1. The maximum Gasteiger partial charge on any atom is 0.251 e. The fraction of sp³-hybridized carbons (Fsp3) is 0.909. The minimum absolute atomic E-state index is 0.0554. The van der Waals surface area contributed by atoms with Gasteiger partial charge in [0.1, 0.15) is 0 Å². The Bertz CT molecular complexity index is 210. The molecule has 3 N–H and O–H groups in total. The molecule has 4 heteroatoms. The first-order valence-corrected chi connectivity index (χ1v) is 5.83. The van der Waals surface area contributed by atoms with Gasteiger partial charge in [-0.1, -0.05) is 20.8 Å². The lowest BCUT2D eigenvalue weighted by Gasteiger charge is -2.38. The molecule has 15 heavy (non-hydrogen) atoms. The second kappa shape index (κ2) is 5.47. The van der Waals surface area contributed by atoms with Gasteiger partial charge in [-0.2, -0.15) is 0 Å². The van der Waals surface area contributed by atoms with Gasteiger partial charge in [0.15, 0.2) is 0 Å². The van der Waals surface area contributed by atoms with Crippen LogP contribution >= 0.6 is 0 Å². The third-order valence-electron chi connectivity index (χ3n) is 3.17. The molecule has 0 bridgehead atoms. The highest BCUT2D eigenvalue weighted by molar-refractivity contribution is 5.81. The Balaban J connectivity index is 2.63. The van der Waals surface area contributed by atoms with E-state index in [1.165, 1.54) is 6.42 Å². The molecule has 0 aromatic rings. The molecule has 0 aromatic heterocycles. The average molecular weight is 213 g/mol. The van der Waals surface area contributed by atoms with E-state index in [0.29, 0.717) is 11.8 Å². The molecule has 0 radical (unpaired) electrons. The third kappa shape index (κ3) is 3.18. The van der Waals surface area contributed by atoms with Crippen LogP contribution in [0.4, 0.5) is 0 Å². The molecule has 0 saturated carbocycles. The van der Waals surface area contributed by atoms with E-state index >= 15 is 0 Å². The molecule has 1 amide bonds. The maximum absolute atomic E-state index is 11.6. The monoisotopic (exact) mass is 213 g/mol. The molecular formula is C11H23N3O. The summed E-state index contributed by atoms with van der Waals surface area (Å²) in [7, 11) is 0. The summed E-state index contributed by atoms with van der Waals surface area (Å²) in [5.41, 5.74) is 2.26. The maximum atomic E-state index is 11.6. The molecule has 1 saturated heterocycles. The van der Waals surface area contributed by atoms with Gasteiger partial charge in [-0.3, -0.25) is 15.1 Å². The van der Waals surface area contributed by atoms with E-state index < -0.39 is 0 Å². The molecule has 1 fully saturated rings. The van der Waals surface area contributed by atoms with Gasteiger partial charge < -0.3 is 0 Å². The predicted molar refractivity (Wildman–Crippen MR) is 60.9 cm³/mol. The van der Waals surface area contributed by atoms with Gasteiger partial charge in [-0.15, -0.1) is 0 Å². The number of nitrogens with zero attached hydrogens (tertiary/aromatic N) is 1. The minimum Gasteiger partial charge on any atom is -0.293 e. The van der Waals surface area contributed by atoms with Crippen molar-refractivity contribution in [2.24, 2.45) is 17.7 Å². The molecule has 0 spiro atoms. The zero-order valence-corrected chi connectivity index (χ0v) is 9.99. The van der Waals surface area contributed by atoms with Crippen molar-refractivity contribution in [3.63, 3.8) is 0 Å². The summed E-state index contributed by atoms with van der Waals surface area (Å²) in [5.74, 6) is 6.49. The van der Waals surface area contributed by atoms with E-state index in [1.807, 2.05) is 6.92 Å². The van der Waals surface area contributed by atoms with E-state index in [-0.39, 0.29) is 11.9 Å². The molecule has 1 rings (SSSR count). The van der Waals surface area contributed by atoms with Crippen molar-refractivity contribution in [3.05, 3.63) is 0 Å². The normalized spacial score (nSPS) is 29.9. The molecule has 0 aromatic carbocycles. The van der Waals surface area contributed by atoms with Gasteiger partial charge in [-0.25, -0.2) is 5.84 Å². The van der Waals surface area contributed by atoms with Crippen LogP contribution in [-0.4, -0.2) is 29.9 Å². The van der Waals surface area contributed by atoms with E-state index in [9.17, 15) is 4.79 Å². The first kappa shape index (κ1) is 12.5. The van der Waals surface area contributed by atoms with Crippen LogP contribution in [0, 0.1) is 11.8 Å². The predicted octanol–water partition coefficient (Wildman–Crippen LogP) is 0.733. The summed E-state index contributed by atoms with van der Waals surface area (Å²) in [6.45, 7) is 8.54. The van der Waals surface area contributed by atoms with Gasteiger partial charge in [0.25, 0.3) is 5.91 Å². The summed E-state index contributed by atoms with van der Waals surface area (Å²) in [5, 5.41) is 0. The Morgan fingerprint density at radius 3 is 2.40 bits per heavy atom. The Hall–Kier alpha value is -0.610. The number of carbonyl (C=O) groups is 1. The number of hydrogen-bond donors (Lipinski definition) is 2. The fourth-order valence-electron chi connectivity index (χ4n) is 2.67. The smallest absolute Gasteiger partial charge is 0.251 e. The number of hydrogen-bond acceptors (Lipinski definition) is 3. The topological polar surface area (TPSA) is 58.4 Å². The number of amides is 1. The van der Waals surface area contributed by atoms with E-state index in [1.54, 1.807) is 0 Å². The number of nitrogens with two attached hydrogens (primary N) is 1. The van der Waals surface area contributed by atoms with Gasteiger partial charge in [-0.05, 0) is 24.7 Å². The summed E-state index contributed by atoms with van der Waals surface area (Å²) >= 11 is 0. The lowest BCUT2D eigenvalue weighted by atomic mass is 9.90. The van der Waals surface area contributed by atoms with Crippen LogP contribution in [0.2, 0.25) is 0 Å². The van der Waals surface area contributed by atoms with E-state index in [0.717, 1.165) is 19.5 Å². The molecule has 1 aliphatic rings. The van der Waals surface area contributed by atoms with E-state index in [4.69, 9.17) is 5.84 Å². The van der Waals surface area contributed by atoms with Crippen molar-refractivity contribution in [2.75, 3.05) is 13.1 Å². The number of nitrogens with one attached hydrogen (secondary N) is 1. The highest BCUT2D eigenvalue weighted by atomic mass is 16.2. The van der Waals surface area contributed by atoms with Gasteiger partial charge in [0, 0.05) is 13.1 Å². The van der Waals surface area contributed by atoms with Crippen molar-refractivity contribution in [3.8, 4) is 0 Å². The van der Waals surface area contributed by atoms with Crippen molar-refractivity contribution < 1.29 is 4.79 Å². The fourth-order valence-corrected chi connectivity index (χ4v) is 2.67. The number of likely N-dealkylation sites (tertiary alicyclic amines) is 1. The highest BCUT2D eigenvalue weighted by Gasteiger charge is 2.29. The Morgan fingerprint density at radius 1 is 1.47 bits per heavy atom. The van der Waals surface area contributed by atoms with Crippen LogP contribution in [0.25, 0.3) is 0 Å². The Labute approximate surface area is 92.2 Å². The Kier molecular flexibility index (Phi) is 4.54. The molecule has 0 unspecified atom stereocenters. The Morgan fingerprint density at radius 2 is 2.00 bits per heavy atom. The molecule has 1 heterocycles. The molecule has 88 valence electrons. The first-order valence-electron chi connectivity index (χ1n) is 5.83. The van der Waals surface area contributed by atoms with Crippen LogP contribution in [0.1, 0.15) is 33.6 Å². The molecular weight excluding hydrogens is 190 g/mol. The van der Waals surface area contributed by atoms with Crippen molar-refractivity contribution >= 4 is 5.91 Å². The minimum atomic E-state index is -0.0567. The quantitative estimate of drug-likeness (QED) is 0.413. The summed E-state index contributed by atoms with van der Waals surface area (Å²) in [4.78, 5) is 13.8. The first-order chi connectivity index (χ1) is 7.08. The van der Waals surface area contributed by atoms with Crippen molar-refractivity contribution in [1.82, 2.24) is 10.3 Å². The lowest BCUT2D eigenvalue weighted by molar-refractivity contribution is -0.127. The zero-order valence-electron chi connectivity index (χ0n) is 9.99. The van der Waals surface area contributed by atoms with Crippen LogP contribution in [-0.2, 0) is 4.79 Å². The second-order valence-electron chi connectivity index (χ2n) is 4.83. The highest BCUT2D eigenvalue weighted by Crippen LogP contribution is 2.23. The standard InChI is InChI=1S/C11H23N3O/c1-4-10(11(15)13-12)14-6-8(2)5-9(3)7-14/h8-10H,4-7,12H2,1-3H3,(H,13,15)/t8-,9-,10-/m1/s1.